The number of fused-ring (bicyclic) bond motifs is 1. The van der Waals surface area contributed by atoms with E-state index in [0.29, 0.717) is 0 Å². The zero-order chi connectivity index (χ0) is 17.4. The lowest BCUT2D eigenvalue weighted by Crippen LogP contribution is -2.18. The molecule has 4 N–H and O–H groups in total. The zero-order valence-electron chi connectivity index (χ0n) is 13.3. The van der Waals surface area contributed by atoms with Crippen molar-refractivity contribution in [2.75, 3.05) is 11.1 Å². The molecule has 7 nitrogen and oxygen atoms in total. The van der Waals surface area contributed by atoms with Crippen LogP contribution in [-0.4, -0.2) is 26.0 Å². The predicted octanol–water partition coefficient (Wildman–Crippen LogP) is 2.53. The van der Waals surface area contributed by atoms with Crippen LogP contribution in [0.5, 0.6) is 0 Å². The predicted molar refractivity (Wildman–Crippen MR) is 86.4 cm³/mol. The van der Waals surface area contributed by atoms with E-state index in [1.807, 2.05) is 13.0 Å². The van der Waals surface area contributed by atoms with Gasteiger partial charge in [0.25, 0.3) is 0 Å². The standard InChI is InChI=1S/C16H18FN5O2/c1-7-5-9-3-4-10(14(23)24)6-11(9)12(7)19-16-21-13(8(2)17)20-15(18)22-16/h3-4,6-8,12H,5H2,1-2H3,(H,23,24)(H3,18,19,20,21,22)/t7-,8?,12+/m0/s1. The lowest BCUT2D eigenvalue weighted by atomic mass is 10.0. The van der Waals surface area contributed by atoms with Crippen LogP contribution < -0.4 is 11.1 Å². The van der Waals surface area contributed by atoms with E-state index in [1.165, 1.54) is 6.92 Å². The largest absolute Gasteiger partial charge is 0.478 e. The van der Waals surface area contributed by atoms with Gasteiger partial charge in [0.05, 0.1) is 11.6 Å². The molecule has 1 aromatic carbocycles. The average molecular weight is 331 g/mol. The van der Waals surface area contributed by atoms with Crippen molar-refractivity contribution in [3.8, 4) is 0 Å². The van der Waals surface area contributed by atoms with Crippen molar-refractivity contribution in [3.63, 3.8) is 0 Å². The minimum Gasteiger partial charge on any atom is -0.478 e. The third-order valence-electron chi connectivity index (χ3n) is 4.15. The zero-order valence-corrected chi connectivity index (χ0v) is 13.3. The van der Waals surface area contributed by atoms with Crippen LogP contribution in [0.25, 0.3) is 0 Å². The number of hydrogen-bond donors (Lipinski definition) is 3. The number of benzene rings is 1. The highest BCUT2D eigenvalue weighted by Crippen LogP contribution is 2.38. The van der Waals surface area contributed by atoms with E-state index in [-0.39, 0.29) is 35.2 Å². The maximum atomic E-state index is 13.5. The van der Waals surface area contributed by atoms with Gasteiger partial charge in [-0.3, -0.25) is 0 Å². The highest BCUT2D eigenvalue weighted by atomic mass is 19.1. The summed E-state index contributed by atoms with van der Waals surface area (Å²) in [6.45, 7) is 3.37. The van der Waals surface area contributed by atoms with E-state index in [9.17, 15) is 14.3 Å². The first kappa shape index (κ1) is 16.1. The van der Waals surface area contributed by atoms with Crippen LogP contribution in [0, 0.1) is 5.92 Å². The van der Waals surface area contributed by atoms with Gasteiger partial charge in [0.1, 0.15) is 0 Å². The number of nitrogens with two attached hydrogens (primary N) is 1. The topological polar surface area (TPSA) is 114 Å². The first-order chi connectivity index (χ1) is 11.3. The molecule has 1 aromatic heterocycles. The first-order valence-corrected chi connectivity index (χ1v) is 7.63. The fourth-order valence-corrected chi connectivity index (χ4v) is 2.99. The Morgan fingerprint density at radius 2 is 2.17 bits per heavy atom. The van der Waals surface area contributed by atoms with Crippen molar-refractivity contribution in [1.82, 2.24) is 15.0 Å². The van der Waals surface area contributed by atoms with Gasteiger partial charge in [0, 0.05) is 0 Å². The Balaban J connectivity index is 1.94. The van der Waals surface area contributed by atoms with Crippen LogP contribution in [-0.2, 0) is 6.42 Å². The number of aromatic nitrogens is 3. The Bertz CT molecular complexity index is 796. The Hall–Kier alpha value is -2.77. The number of hydrogen-bond acceptors (Lipinski definition) is 6. The molecular weight excluding hydrogens is 313 g/mol. The number of nitrogen functional groups attached to an aromatic ring is 1. The van der Waals surface area contributed by atoms with Crippen LogP contribution in [0.1, 0.15) is 53.4 Å². The van der Waals surface area contributed by atoms with Gasteiger partial charge in [-0.2, -0.15) is 15.0 Å². The number of nitrogens with one attached hydrogen (secondary N) is 1. The number of carbonyl (C=O) groups is 1. The molecule has 0 radical (unpaired) electrons. The van der Waals surface area contributed by atoms with Crippen molar-refractivity contribution in [2.24, 2.45) is 5.92 Å². The number of anilines is 2. The molecule has 8 heteroatoms. The summed E-state index contributed by atoms with van der Waals surface area (Å²) in [5.74, 6) is -0.679. The van der Waals surface area contributed by atoms with Crippen molar-refractivity contribution in [3.05, 3.63) is 40.7 Å². The number of carboxylic acids is 1. The fraction of sp³-hybridized carbons (Fsp3) is 0.375. The van der Waals surface area contributed by atoms with E-state index in [0.717, 1.165) is 17.5 Å². The SMILES string of the molecule is CC(F)c1nc(N)nc(N[C@H]2c3cc(C(=O)O)ccc3C[C@@H]2C)n1. The van der Waals surface area contributed by atoms with Crippen LogP contribution in [0.3, 0.4) is 0 Å². The summed E-state index contributed by atoms with van der Waals surface area (Å²) in [5, 5.41) is 12.3. The minimum atomic E-state index is -1.36. The van der Waals surface area contributed by atoms with E-state index >= 15 is 0 Å². The number of halogens is 1. The van der Waals surface area contributed by atoms with Gasteiger partial charge in [0.2, 0.25) is 11.9 Å². The molecule has 0 aliphatic heterocycles. The molecule has 0 saturated heterocycles. The van der Waals surface area contributed by atoms with Crippen LogP contribution >= 0.6 is 0 Å². The molecule has 2 aromatic rings. The van der Waals surface area contributed by atoms with Gasteiger partial charge in [-0.05, 0) is 42.5 Å². The quantitative estimate of drug-likeness (QED) is 0.788. The monoisotopic (exact) mass is 331 g/mol. The fourth-order valence-electron chi connectivity index (χ4n) is 2.99. The first-order valence-electron chi connectivity index (χ1n) is 7.63. The summed E-state index contributed by atoms with van der Waals surface area (Å²) in [4.78, 5) is 23.0. The van der Waals surface area contributed by atoms with E-state index < -0.39 is 12.1 Å². The highest BCUT2D eigenvalue weighted by molar-refractivity contribution is 5.88. The second-order valence-corrected chi connectivity index (χ2v) is 6.01. The number of rotatable bonds is 4. The summed E-state index contributed by atoms with van der Waals surface area (Å²) in [6, 6.07) is 4.90. The molecule has 0 spiro atoms. The summed E-state index contributed by atoms with van der Waals surface area (Å²) in [6.07, 6.45) is -0.553. The third-order valence-corrected chi connectivity index (χ3v) is 4.15. The van der Waals surface area contributed by atoms with Crippen molar-refractivity contribution in [2.45, 2.75) is 32.5 Å². The number of alkyl halides is 1. The molecule has 0 bridgehead atoms. The maximum Gasteiger partial charge on any atom is 0.335 e. The second kappa shape index (κ2) is 6.03. The van der Waals surface area contributed by atoms with Gasteiger partial charge in [-0.15, -0.1) is 0 Å². The molecule has 0 amide bonds. The Morgan fingerprint density at radius 3 is 2.83 bits per heavy atom. The van der Waals surface area contributed by atoms with Crippen LogP contribution in [0.2, 0.25) is 0 Å². The Morgan fingerprint density at radius 1 is 1.42 bits per heavy atom. The van der Waals surface area contributed by atoms with E-state index in [2.05, 4.69) is 20.3 Å². The van der Waals surface area contributed by atoms with Gasteiger partial charge in [-0.1, -0.05) is 13.0 Å². The van der Waals surface area contributed by atoms with Gasteiger partial charge >= 0.3 is 5.97 Å². The number of aromatic carboxylic acids is 1. The summed E-state index contributed by atoms with van der Waals surface area (Å²) in [7, 11) is 0. The average Bonchev–Trinajstić information content (AvgIpc) is 2.82. The maximum absolute atomic E-state index is 13.5. The van der Waals surface area contributed by atoms with Crippen LogP contribution in [0.15, 0.2) is 18.2 Å². The normalized spacial score (nSPS) is 20.5. The second-order valence-electron chi connectivity index (χ2n) is 6.01. The highest BCUT2D eigenvalue weighted by Gasteiger charge is 2.31. The van der Waals surface area contributed by atoms with Gasteiger partial charge < -0.3 is 16.2 Å². The molecule has 126 valence electrons. The molecular formula is C16H18FN5O2. The molecule has 1 aliphatic carbocycles. The van der Waals surface area contributed by atoms with Crippen molar-refractivity contribution in [1.29, 1.82) is 0 Å². The molecule has 0 fully saturated rings. The number of carboxylic acid groups (broad SMARTS) is 1. The molecule has 1 heterocycles. The molecule has 0 saturated carbocycles. The smallest absolute Gasteiger partial charge is 0.335 e. The molecule has 1 unspecified atom stereocenters. The van der Waals surface area contributed by atoms with Crippen molar-refractivity contribution < 1.29 is 14.3 Å². The molecule has 24 heavy (non-hydrogen) atoms. The summed E-state index contributed by atoms with van der Waals surface area (Å²) in [5.41, 5.74) is 7.80. The Labute approximate surface area is 138 Å². The van der Waals surface area contributed by atoms with E-state index in [1.54, 1.807) is 12.1 Å². The molecule has 3 rings (SSSR count). The van der Waals surface area contributed by atoms with Crippen LogP contribution in [0.4, 0.5) is 16.3 Å². The lowest BCUT2D eigenvalue weighted by Gasteiger charge is -2.19. The molecule has 3 atom stereocenters. The van der Waals surface area contributed by atoms with Crippen molar-refractivity contribution >= 4 is 17.9 Å². The van der Waals surface area contributed by atoms with E-state index in [4.69, 9.17) is 5.73 Å². The Kier molecular flexibility index (Phi) is 4.04. The van der Waals surface area contributed by atoms with Gasteiger partial charge in [0.15, 0.2) is 12.0 Å². The minimum absolute atomic E-state index is 0.0323. The third kappa shape index (κ3) is 2.99. The van der Waals surface area contributed by atoms with Gasteiger partial charge in [-0.25, -0.2) is 9.18 Å². The number of nitrogens with zero attached hydrogens (tertiary/aromatic N) is 3. The summed E-state index contributed by atoms with van der Waals surface area (Å²) < 4.78 is 13.5. The lowest BCUT2D eigenvalue weighted by molar-refractivity contribution is 0.0696. The summed E-state index contributed by atoms with van der Waals surface area (Å²) >= 11 is 0. The molecule has 1 aliphatic rings.